The lowest BCUT2D eigenvalue weighted by molar-refractivity contribution is -0.117. The second-order valence-corrected chi connectivity index (χ2v) is 7.83. The first-order chi connectivity index (χ1) is 15.5. The Balaban J connectivity index is 1.81. The van der Waals surface area contributed by atoms with Gasteiger partial charge in [-0.3, -0.25) is 9.59 Å². The fourth-order valence-corrected chi connectivity index (χ4v) is 3.05. The van der Waals surface area contributed by atoms with Crippen molar-refractivity contribution in [1.29, 1.82) is 0 Å². The Hall–Kier alpha value is -3.64. The minimum Gasteiger partial charge on any atom is -0.493 e. The Bertz CT molecular complexity index is 1100. The highest BCUT2D eigenvalue weighted by molar-refractivity contribution is 6.05. The van der Waals surface area contributed by atoms with Crippen LogP contribution in [0.5, 0.6) is 5.75 Å². The van der Waals surface area contributed by atoms with Gasteiger partial charge in [0.25, 0.3) is 11.8 Å². The second kappa shape index (κ2) is 11.1. The molecule has 0 fully saturated rings. The molecule has 32 heavy (non-hydrogen) atoms. The highest BCUT2D eigenvalue weighted by Gasteiger charge is 2.15. The number of fused-ring (bicyclic) bond motifs is 1. The van der Waals surface area contributed by atoms with Crippen LogP contribution in [-0.2, 0) is 4.79 Å². The zero-order chi connectivity index (χ0) is 22.9. The Morgan fingerprint density at radius 3 is 2.41 bits per heavy atom. The van der Waals surface area contributed by atoms with Gasteiger partial charge in [-0.15, -0.1) is 0 Å². The largest absolute Gasteiger partial charge is 0.493 e. The maximum absolute atomic E-state index is 12.8. The van der Waals surface area contributed by atoms with Crippen molar-refractivity contribution in [1.82, 2.24) is 10.6 Å². The van der Waals surface area contributed by atoms with Crippen LogP contribution in [0, 0.1) is 5.92 Å². The third-order valence-corrected chi connectivity index (χ3v) is 4.67. The van der Waals surface area contributed by atoms with Crippen LogP contribution in [0.2, 0.25) is 0 Å². The smallest absolute Gasteiger partial charge is 0.267 e. The van der Waals surface area contributed by atoms with Crippen molar-refractivity contribution in [3.8, 4) is 5.75 Å². The average molecular weight is 433 g/mol. The Morgan fingerprint density at radius 2 is 1.72 bits per heavy atom. The monoisotopic (exact) mass is 432 g/mol. The van der Waals surface area contributed by atoms with Crippen LogP contribution in [0.4, 0.5) is 0 Å². The molecule has 0 saturated carbocycles. The summed E-state index contributed by atoms with van der Waals surface area (Å²) in [7, 11) is 0. The van der Waals surface area contributed by atoms with Gasteiger partial charge in [-0.25, -0.2) is 0 Å². The summed E-state index contributed by atoms with van der Waals surface area (Å²) in [6.07, 6.45) is 1.62. The van der Waals surface area contributed by atoms with Gasteiger partial charge in [0, 0.05) is 12.1 Å². The minimum absolute atomic E-state index is 0.0889. The van der Waals surface area contributed by atoms with E-state index in [4.69, 9.17) is 9.84 Å². The van der Waals surface area contributed by atoms with E-state index in [9.17, 15) is 9.59 Å². The van der Waals surface area contributed by atoms with Crippen LogP contribution in [0.1, 0.15) is 29.8 Å². The van der Waals surface area contributed by atoms with Crippen molar-refractivity contribution in [3.63, 3.8) is 0 Å². The van der Waals surface area contributed by atoms with Gasteiger partial charge in [0.1, 0.15) is 11.4 Å². The molecule has 0 aliphatic rings. The number of carbonyl (C=O) groups is 2. The number of hydrogen-bond acceptors (Lipinski definition) is 4. The molecular weight excluding hydrogens is 404 g/mol. The number of aliphatic hydroxyl groups excluding tert-OH is 1. The molecule has 2 amide bonds. The SMILES string of the molecule is CC(C)COc1ccc(C(=O)NC(=Cc2ccc3ccccc3c2)C(=O)NCCO)cc1. The van der Waals surface area contributed by atoms with E-state index < -0.39 is 11.8 Å². The highest BCUT2D eigenvalue weighted by atomic mass is 16.5. The molecule has 0 unspecified atom stereocenters. The Kier molecular flexibility index (Phi) is 8.00. The summed E-state index contributed by atoms with van der Waals surface area (Å²) in [5, 5.41) is 16.4. The van der Waals surface area contributed by atoms with Crippen molar-refractivity contribution in [2.45, 2.75) is 13.8 Å². The van der Waals surface area contributed by atoms with Crippen molar-refractivity contribution < 1.29 is 19.4 Å². The van der Waals surface area contributed by atoms with Crippen LogP contribution >= 0.6 is 0 Å². The molecule has 3 aromatic carbocycles. The molecule has 0 atom stereocenters. The lowest BCUT2D eigenvalue weighted by Crippen LogP contribution is -2.36. The summed E-state index contributed by atoms with van der Waals surface area (Å²) in [6, 6.07) is 20.5. The second-order valence-electron chi connectivity index (χ2n) is 7.83. The van der Waals surface area contributed by atoms with Gasteiger partial charge in [0.05, 0.1) is 13.2 Å². The molecule has 0 spiro atoms. The van der Waals surface area contributed by atoms with Gasteiger partial charge in [0.2, 0.25) is 0 Å². The molecule has 3 aromatic rings. The fraction of sp³-hybridized carbons (Fsp3) is 0.231. The maximum Gasteiger partial charge on any atom is 0.267 e. The minimum atomic E-state index is -0.475. The third kappa shape index (κ3) is 6.43. The molecule has 0 saturated heterocycles. The van der Waals surface area contributed by atoms with E-state index in [1.165, 1.54) is 0 Å². The number of carbonyl (C=O) groups excluding carboxylic acids is 2. The van der Waals surface area contributed by atoms with Crippen LogP contribution in [0.25, 0.3) is 16.8 Å². The highest BCUT2D eigenvalue weighted by Crippen LogP contribution is 2.18. The van der Waals surface area contributed by atoms with Crippen LogP contribution in [0.3, 0.4) is 0 Å². The lowest BCUT2D eigenvalue weighted by atomic mass is 10.1. The molecule has 0 radical (unpaired) electrons. The number of ether oxygens (including phenoxy) is 1. The molecule has 0 aromatic heterocycles. The van der Waals surface area contributed by atoms with E-state index >= 15 is 0 Å². The van der Waals surface area contributed by atoms with E-state index in [2.05, 4.69) is 24.5 Å². The number of nitrogens with one attached hydrogen (secondary N) is 2. The van der Waals surface area contributed by atoms with Gasteiger partial charge in [-0.1, -0.05) is 50.2 Å². The molecule has 166 valence electrons. The van der Waals surface area contributed by atoms with Crippen LogP contribution < -0.4 is 15.4 Å². The maximum atomic E-state index is 12.8. The first-order valence-electron chi connectivity index (χ1n) is 10.6. The summed E-state index contributed by atoms with van der Waals surface area (Å²) in [5.74, 6) is 0.199. The van der Waals surface area contributed by atoms with Crippen molar-refractivity contribution >= 4 is 28.7 Å². The lowest BCUT2D eigenvalue weighted by Gasteiger charge is -2.12. The summed E-state index contributed by atoms with van der Waals surface area (Å²) in [5.41, 5.74) is 1.27. The van der Waals surface area contributed by atoms with Gasteiger partial charge in [-0.2, -0.15) is 0 Å². The molecule has 0 bridgehead atoms. The predicted octanol–water partition coefficient (Wildman–Crippen LogP) is 3.75. The standard InChI is InChI=1S/C26H28N2O4/c1-18(2)17-32-23-11-9-21(10-12-23)25(30)28-24(26(31)27-13-14-29)16-19-7-8-20-5-3-4-6-22(20)15-19/h3-12,15-16,18,29H,13-14,17H2,1-2H3,(H,27,31)(H,28,30). The van der Waals surface area contributed by atoms with Gasteiger partial charge in [0.15, 0.2) is 0 Å². The summed E-state index contributed by atoms with van der Waals surface area (Å²) >= 11 is 0. The average Bonchev–Trinajstić information content (AvgIpc) is 2.81. The zero-order valence-electron chi connectivity index (χ0n) is 18.3. The van der Waals surface area contributed by atoms with E-state index in [1.54, 1.807) is 30.3 Å². The third-order valence-electron chi connectivity index (χ3n) is 4.67. The van der Waals surface area contributed by atoms with Crippen LogP contribution in [-0.4, -0.2) is 36.7 Å². The fourth-order valence-electron chi connectivity index (χ4n) is 3.05. The normalized spacial score (nSPS) is 11.4. The van der Waals surface area contributed by atoms with Gasteiger partial charge in [-0.05, 0) is 58.7 Å². The number of benzene rings is 3. The van der Waals surface area contributed by atoms with E-state index in [0.29, 0.717) is 23.8 Å². The van der Waals surface area contributed by atoms with Gasteiger partial charge >= 0.3 is 0 Å². The molecule has 3 N–H and O–H groups in total. The Labute approximate surface area is 187 Å². The Morgan fingerprint density at radius 1 is 1.00 bits per heavy atom. The topological polar surface area (TPSA) is 87.7 Å². The van der Waals surface area contributed by atoms with Crippen LogP contribution in [0.15, 0.2) is 72.4 Å². The molecule has 0 aliphatic carbocycles. The van der Waals surface area contributed by atoms with E-state index in [-0.39, 0.29) is 18.8 Å². The predicted molar refractivity (Wildman–Crippen MR) is 126 cm³/mol. The molecule has 6 heteroatoms. The van der Waals surface area contributed by atoms with Crippen molar-refractivity contribution in [3.05, 3.63) is 83.6 Å². The summed E-state index contributed by atoms with van der Waals surface area (Å²) in [4.78, 5) is 25.4. The zero-order valence-corrected chi connectivity index (χ0v) is 18.3. The van der Waals surface area contributed by atoms with Crippen molar-refractivity contribution in [2.75, 3.05) is 19.8 Å². The molecule has 0 heterocycles. The van der Waals surface area contributed by atoms with E-state index in [1.807, 2.05) is 42.5 Å². The number of rotatable bonds is 9. The van der Waals surface area contributed by atoms with Gasteiger partial charge < -0.3 is 20.5 Å². The first kappa shape index (κ1) is 23.0. The van der Waals surface area contributed by atoms with E-state index in [0.717, 1.165) is 16.3 Å². The number of aliphatic hydroxyl groups is 1. The molecule has 0 aliphatic heterocycles. The number of amides is 2. The first-order valence-corrected chi connectivity index (χ1v) is 10.6. The quantitative estimate of drug-likeness (QED) is 0.450. The number of hydrogen-bond donors (Lipinski definition) is 3. The summed E-state index contributed by atoms with van der Waals surface area (Å²) < 4.78 is 5.65. The molecule has 6 nitrogen and oxygen atoms in total. The molecule has 3 rings (SSSR count). The molecular formula is C26H28N2O4. The summed E-state index contributed by atoms with van der Waals surface area (Å²) in [6.45, 7) is 4.61. The van der Waals surface area contributed by atoms with Crippen molar-refractivity contribution in [2.24, 2.45) is 5.92 Å².